The van der Waals surface area contributed by atoms with Crippen LogP contribution < -0.4 is 0 Å². The van der Waals surface area contributed by atoms with Crippen LogP contribution in [0.5, 0.6) is 5.88 Å². The standard InChI is InChI=1S/C11H7N3O/c1-2-7-14-9-6-4-3-5-8(9)10(13-12)11(14)15/h1,3-6H,7H2/p+1. The van der Waals surface area contributed by atoms with Crippen molar-refractivity contribution in [2.45, 2.75) is 6.54 Å². The molecule has 1 aromatic heterocycles. The van der Waals surface area contributed by atoms with Gasteiger partial charge in [0.1, 0.15) is 0 Å². The molecular weight excluding hydrogens is 190 g/mol. The lowest BCUT2D eigenvalue weighted by Crippen LogP contribution is -1.93. The predicted octanol–water partition coefficient (Wildman–Crippen LogP) is 2.46. The summed E-state index contributed by atoms with van der Waals surface area (Å²) in [6.45, 7) is 0.238. The summed E-state index contributed by atoms with van der Waals surface area (Å²) in [6, 6.07) is 7.20. The lowest BCUT2D eigenvalue weighted by molar-refractivity contribution is 0.434. The third-order valence-corrected chi connectivity index (χ3v) is 2.27. The van der Waals surface area contributed by atoms with Gasteiger partial charge in [0, 0.05) is 0 Å². The van der Waals surface area contributed by atoms with Crippen LogP contribution in [0.4, 0.5) is 5.69 Å². The Kier molecular flexibility index (Phi) is 2.04. The van der Waals surface area contributed by atoms with E-state index in [4.69, 9.17) is 11.8 Å². The molecule has 2 rings (SSSR count). The summed E-state index contributed by atoms with van der Waals surface area (Å²) in [4.78, 5) is 3.06. The van der Waals surface area contributed by atoms with E-state index in [-0.39, 0.29) is 18.1 Å². The molecule has 0 saturated heterocycles. The van der Waals surface area contributed by atoms with Gasteiger partial charge in [0.15, 0.2) is 4.98 Å². The number of aromatic nitrogens is 1. The topological polar surface area (TPSA) is 53.3 Å². The first-order valence-electron chi connectivity index (χ1n) is 4.38. The molecule has 4 nitrogen and oxygen atoms in total. The number of benzene rings is 1. The average molecular weight is 198 g/mol. The molecule has 0 aliphatic rings. The van der Waals surface area contributed by atoms with E-state index < -0.39 is 0 Å². The highest BCUT2D eigenvalue weighted by Gasteiger charge is 2.25. The van der Waals surface area contributed by atoms with Crippen molar-refractivity contribution in [1.29, 1.82) is 5.39 Å². The smallest absolute Gasteiger partial charge is 0.453 e. The van der Waals surface area contributed by atoms with Gasteiger partial charge in [-0.3, -0.25) is 4.57 Å². The minimum absolute atomic E-state index is 0.114. The summed E-state index contributed by atoms with van der Waals surface area (Å²) in [5.74, 6) is 2.32. The van der Waals surface area contributed by atoms with E-state index in [1.165, 1.54) is 4.57 Å². The lowest BCUT2D eigenvalue weighted by atomic mass is 10.2. The second-order valence-electron chi connectivity index (χ2n) is 3.08. The molecule has 0 saturated carbocycles. The quantitative estimate of drug-likeness (QED) is 0.565. The Morgan fingerprint density at radius 2 is 2.20 bits per heavy atom. The molecule has 1 heterocycles. The molecule has 0 bridgehead atoms. The summed E-state index contributed by atoms with van der Waals surface area (Å²) < 4.78 is 1.52. The molecule has 0 atom stereocenters. The molecule has 0 fully saturated rings. The van der Waals surface area contributed by atoms with E-state index in [9.17, 15) is 5.11 Å². The average Bonchev–Trinajstić information content (AvgIpc) is 2.53. The molecule has 1 N–H and O–H groups in total. The van der Waals surface area contributed by atoms with Crippen LogP contribution in [-0.4, -0.2) is 9.67 Å². The number of rotatable bonds is 1. The van der Waals surface area contributed by atoms with Gasteiger partial charge in [-0.1, -0.05) is 18.1 Å². The van der Waals surface area contributed by atoms with Gasteiger partial charge in [0.05, 0.1) is 17.4 Å². The minimum atomic E-state index is -0.114. The number of nitrogens with zero attached hydrogens (tertiary/aromatic N) is 3. The maximum atomic E-state index is 9.76. The number of hydrogen-bond acceptors (Lipinski definition) is 2. The largest absolute Gasteiger partial charge is 0.489 e. The van der Waals surface area contributed by atoms with Crippen LogP contribution in [0.1, 0.15) is 0 Å². The number of fused-ring (bicyclic) bond motifs is 1. The number of aromatic hydroxyl groups is 1. The third kappa shape index (κ3) is 1.20. The van der Waals surface area contributed by atoms with Gasteiger partial charge in [-0.15, -0.1) is 6.42 Å². The van der Waals surface area contributed by atoms with Crippen LogP contribution in [0.25, 0.3) is 15.9 Å². The third-order valence-electron chi connectivity index (χ3n) is 2.27. The Balaban J connectivity index is 2.87. The van der Waals surface area contributed by atoms with Crippen molar-refractivity contribution in [3.63, 3.8) is 0 Å². The van der Waals surface area contributed by atoms with Crippen LogP contribution in [0, 0.1) is 17.7 Å². The molecule has 1 aromatic carbocycles. The summed E-state index contributed by atoms with van der Waals surface area (Å²) in [5.41, 5.74) is 0.904. The van der Waals surface area contributed by atoms with Crippen molar-refractivity contribution in [2.75, 3.05) is 0 Å². The van der Waals surface area contributed by atoms with E-state index in [0.29, 0.717) is 5.39 Å². The van der Waals surface area contributed by atoms with Crippen molar-refractivity contribution >= 4 is 16.6 Å². The van der Waals surface area contributed by atoms with Gasteiger partial charge < -0.3 is 5.11 Å². The second kappa shape index (κ2) is 3.36. The lowest BCUT2D eigenvalue weighted by Gasteiger charge is -1.98. The van der Waals surface area contributed by atoms with Crippen molar-refractivity contribution in [2.24, 2.45) is 0 Å². The first kappa shape index (κ1) is 9.11. The molecule has 15 heavy (non-hydrogen) atoms. The van der Waals surface area contributed by atoms with Crippen LogP contribution >= 0.6 is 0 Å². The van der Waals surface area contributed by atoms with Crippen LogP contribution in [0.3, 0.4) is 0 Å². The van der Waals surface area contributed by atoms with Crippen molar-refractivity contribution in [3.05, 3.63) is 29.2 Å². The molecule has 0 spiro atoms. The zero-order valence-corrected chi connectivity index (χ0v) is 7.88. The number of terminal acetylenes is 1. The molecule has 4 heteroatoms. The van der Waals surface area contributed by atoms with Crippen LogP contribution in [-0.2, 0) is 6.54 Å². The molecule has 0 radical (unpaired) electrons. The Morgan fingerprint density at radius 1 is 1.47 bits per heavy atom. The SMILES string of the molecule is C#CCn1c(O)c([N+]#N)c2ccccc21. The maximum absolute atomic E-state index is 9.76. The Hall–Kier alpha value is -2.46. The number of diazo groups is 1. The van der Waals surface area contributed by atoms with E-state index >= 15 is 0 Å². The Labute approximate surface area is 86.4 Å². The van der Waals surface area contributed by atoms with Gasteiger partial charge in [-0.25, -0.2) is 0 Å². The van der Waals surface area contributed by atoms with Crippen LogP contribution in [0.15, 0.2) is 24.3 Å². The summed E-state index contributed by atoms with van der Waals surface area (Å²) in [5, 5.41) is 19.2. The number of para-hydroxylation sites is 1. The number of hydrogen-bond donors (Lipinski definition) is 1. The van der Waals surface area contributed by atoms with Crippen molar-refractivity contribution < 1.29 is 5.11 Å². The molecule has 2 aromatic rings. The van der Waals surface area contributed by atoms with Gasteiger partial charge in [0.25, 0.3) is 5.88 Å². The second-order valence-corrected chi connectivity index (χ2v) is 3.08. The molecular formula is C11H8N3O+. The highest BCUT2D eigenvalue weighted by atomic mass is 16.3. The highest BCUT2D eigenvalue weighted by molar-refractivity contribution is 5.97. The van der Waals surface area contributed by atoms with E-state index in [1.54, 1.807) is 18.2 Å². The Bertz CT molecular complexity index is 599. The molecule has 0 aliphatic carbocycles. The molecule has 0 unspecified atom stereocenters. The van der Waals surface area contributed by atoms with Gasteiger partial charge in [-0.05, 0) is 12.1 Å². The first-order valence-corrected chi connectivity index (χ1v) is 4.38. The fourth-order valence-electron chi connectivity index (χ4n) is 1.62. The van der Waals surface area contributed by atoms with E-state index in [1.807, 2.05) is 6.07 Å². The van der Waals surface area contributed by atoms with Gasteiger partial charge in [-0.2, -0.15) is 0 Å². The van der Waals surface area contributed by atoms with Gasteiger partial charge in [0.2, 0.25) is 5.39 Å². The fraction of sp³-hybridized carbons (Fsp3) is 0.0909. The van der Waals surface area contributed by atoms with E-state index in [0.717, 1.165) is 5.52 Å². The summed E-state index contributed by atoms with van der Waals surface area (Å²) in [7, 11) is 0. The Morgan fingerprint density at radius 3 is 2.87 bits per heavy atom. The zero-order chi connectivity index (χ0) is 10.8. The highest BCUT2D eigenvalue weighted by Crippen LogP contribution is 2.38. The summed E-state index contributed by atoms with van der Waals surface area (Å²) in [6.07, 6.45) is 5.20. The first-order chi connectivity index (χ1) is 7.29. The van der Waals surface area contributed by atoms with Crippen molar-refractivity contribution in [3.8, 4) is 18.2 Å². The van der Waals surface area contributed by atoms with Crippen molar-refractivity contribution in [1.82, 2.24) is 4.57 Å². The van der Waals surface area contributed by atoms with Crippen LogP contribution in [0.2, 0.25) is 0 Å². The minimum Gasteiger partial charge on any atom is -0.489 e. The fourth-order valence-corrected chi connectivity index (χ4v) is 1.62. The molecule has 72 valence electrons. The molecule has 0 aliphatic heterocycles. The van der Waals surface area contributed by atoms with Gasteiger partial charge >= 0.3 is 5.69 Å². The summed E-state index contributed by atoms with van der Waals surface area (Å²) >= 11 is 0. The normalized spacial score (nSPS) is 9.73. The zero-order valence-electron chi connectivity index (χ0n) is 7.88. The monoisotopic (exact) mass is 198 g/mol. The maximum Gasteiger partial charge on any atom is 0.453 e. The predicted molar refractivity (Wildman–Crippen MR) is 57.2 cm³/mol. The molecule has 0 amide bonds. The van der Waals surface area contributed by atoms with E-state index in [2.05, 4.69) is 10.9 Å².